The molecule has 0 bridgehead atoms. The van der Waals surface area contributed by atoms with Gasteiger partial charge in [-0.15, -0.1) is 0 Å². The van der Waals surface area contributed by atoms with Crippen LogP contribution in [0.25, 0.3) is 0 Å². The minimum atomic E-state index is -0.0945. The zero-order valence-corrected chi connectivity index (χ0v) is 8.30. The molecule has 0 radical (unpaired) electrons. The lowest BCUT2D eigenvalue weighted by atomic mass is 10.2. The van der Waals surface area contributed by atoms with Crippen LogP contribution in [0.3, 0.4) is 0 Å². The van der Waals surface area contributed by atoms with Gasteiger partial charge in [-0.05, 0) is 11.6 Å². The van der Waals surface area contributed by atoms with Crippen LogP contribution in [0.5, 0.6) is 0 Å². The summed E-state index contributed by atoms with van der Waals surface area (Å²) in [5.74, 6) is 0.438. The fourth-order valence-electron chi connectivity index (χ4n) is 1.18. The van der Waals surface area contributed by atoms with Gasteiger partial charge >= 0.3 is 0 Å². The van der Waals surface area contributed by atoms with E-state index >= 15 is 0 Å². The second-order valence-corrected chi connectivity index (χ2v) is 3.51. The first-order valence-corrected chi connectivity index (χ1v) is 4.62. The molecule has 0 aliphatic carbocycles. The number of amides is 1. The number of anilines is 2. The van der Waals surface area contributed by atoms with Crippen molar-refractivity contribution in [1.29, 1.82) is 0 Å². The van der Waals surface area contributed by atoms with Crippen LogP contribution in [0.2, 0.25) is 5.28 Å². The first-order valence-electron chi connectivity index (χ1n) is 4.24. The number of hydrogen-bond donors (Lipinski definition) is 2. The average Bonchev–Trinajstić information content (AvgIpc) is 2.29. The number of nitrogens with zero attached hydrogens (tertiary/aromatic N) is 2. The van der Waals surface area contributed by atoms with Crippen molar-refractivity contribution >= 4 is 29.0 Å². The summed E-state index contributed by atoms with van der Waals surface area (Å²) in [6, 6.07) is 0. The summed E-state index contributed by atoms with van der Waals surface area (Å²) < 4.78 is 0. The molecular formula is C8H9ClN4O. The van der Waals surface area contributed by atoms with Gasteiger partial charge in [-0.1, -0.05) is 6.92 Å². The van der Waals surface area contributed by atoms with Crippen molar-refractivity contribution in [2.75, 3.05) is 17.2 Å². The normalized spacial score (nSPS) is 20.4. The van der Waals surface area contributed by atoms with Crippen molar-refractivity contribution in [2.24, 2.45) is 5.92 Å². The number of aromatic nitrogens is 2. The number of nitrogens with one attached hydrogen (secondary N) is 2. The van der Waals surface area contributed by atoms with E-state index in [1.54, 1.807) is 0 Å². The van der Waals surface area contributed by atoms with Gasteiger partial charge in [0.2, 0.25) is 11.2 Å². The molecule has 0 saturated heterocycles. The van der Waals surface area contributed by atoms with Gasteiger partial charge in [0.1, 0.15) is 5.69 Å². The van der Waals surface area contributed by atoms with Crippen molar-refractivity contribution < 1.29 is 4.79 Å². The van der Waals surface area contributed by atoms with Gasteiger partial charge in [0.05, 0.1) is 12.1 Å². The van der Waals surface area contributed by atoms with Crippen LogP contribution >= 0.6 is 11.6 Å². The molecule has 0 spiro atoms. The van der Waals surface area contributed by atoms with Gasteiger partial charge in [0.15, 0.2) is 5.82 Å². The molecule has 74 valence electrons. The topological polar surface area (TPSA) is 66.9 Å². The maximum Gasteiger partial charge on any atom is 0.229 e. The predicted molar refractivity (Wildman–Crippen MR) is 53.3 cm³/mol. The SMILES string of the molecule is CC1CNc2nc(Cl)ncc2NC1=O. The third-order valence-corrected chi connectivity index (χ3v) is 2.22. The summed E-state index contributed by atoms with van der Waals surface area (Å²) in [7, 11) is 0. The molecule has 0 saturated carbocycles. The van der Waals surface area contributed by atoms with E-state index in [9.17, 15) is 4.79 Å². The molecule has 1 aromatic rings. The molecule has 1 aliphatic rings. The molecule has 5 nitrogen and oxygen atoms in total. The summed E-state index contributed by atoms with van der Waals surface area (Å²) in [5, 5.41) is 5.91. The third-order valence-electron chi connectivity index (χ3n) is 2.04. The average molecular weight is 213 g/mol. The number of fused-ring (bicyclic) bond motifs is 1. The molecule has 2 N–H and O–H groups in total. The Kier molecular flexibility index (Phi) is 2.25. The van der Waals surface area contributed by atoms with E-state index < -0.39 is 0 Å². The highest BCUT2D eigenvalue weighted by Crippen LogP contribution is 2.23. The Hall–Kier alpha value is -1.36. The Bertz CT molecular complexity index is 382. The Morgan fingerprint density at radius 1 is 1.64 bits per heavy atom. The highest BCUT2D eigenvalue weighted by Gasteiger charge is 2.20. The number of rotatable bonds is 0. The largest absolute Gasteiger partial charge is 0.367 e. The van der Waals surface area contributed by atoms with Crippen LogP contribution in [0, 0.1) is 5.92 Å². The summed E-state index contributed by atoms with van der Waals surface area (Å²) >= 11 is 5.63. The second-order valence-electron chi connectivity index (χ2n) is 3.17. The van der Waals surface area contributed by atoms with Gasteiger partial charge < -0.3 is 10.6 Å². The van der Waals surface area contributed by atoms with Gasteiger partial charge in [0, 0.05) is 6.54 Å². The number of carbonyl (C=O) groups is 1. The van der Waals surface area contributed by atoms with Gasteiger partial charge in [-0.2, -0.15) is 4.98 Å². The fraction of sp³-hybridized carbons (Fsp3) is 0.375. The van der Waals surface area contributed by atoms with E-state index in [1.807, 2.05) is 6.92 Å². The maximum atomic E-state index is 11.4. The second kappa shape index (κ2) is 3.42. The van der Waals surface area contributed by atoms with Crippen LogP contribution in [-0.2, 0) is 4.79 Å². The zero-order chi connectivity index (χ0) is 10.1. The van der Waals surface area contributed by atoms with Crippen molar-refractivity contribution in [3.8, 4) is 0 Å². The lowest BCUT2D eigenvalue weighted by Crippen LogP contribution is -2.22. The first kappa shape index (κ1) is 9.21. The van der Waals surface area contributed by atoms with E-state index in [0.29, 0.717) is 18.1 Å². The predicted octanol–water partition coefficient (Wildman–Crippen LogP) is 1.13. The molecule has 1 unspecified atom stereocenters. The molecule has 0 fully saturated rings. The van der Waals surface area contributed by atoms with Crippen LogP contribution in [0.4, 0.5) is 11.5 Å². The Balaban J connectivity index is 2.37. The first-order chi connectivity index (χ1) is 6.66. The van der Waals surface area contributed by atoms with E-state index in [1.165, 1.54) is 6.20 Å². The highest BCUT2D eigenvalue weighted by molar-refractivity contribution is 6.28. The van der Waals surface area contributed by atoms with Crippen LogP contribution in [-0.4, -0.2) is 22.4 Å². The molecule has 2 heterocycles. The molecule has 14 heavy (non-hydrogen) atoms. The lowest BCUT2D eigenvalue weighted by Gasteiger charge is -2.04. The molecule has 1 atom stereocenters. The van der Waals surface area contributed by atoms with Crippen LogP contribution in [0.1, 0.15) is 6.92 Å². The maximum absolute atomic E-state index is 11.4. The van der Waals surface area contributed by atoms with E-state index in [4.69, 9.17) is 11.6 Å². The summed E-state index contributed by atoms with van der Waals surface area (Å²) in [6.45, 7) is 2.38. The van der Waals surface area contributed by atoms with Gasteiger partial charge in [-0.25, -0.2) is 4.98 Å². The monoisotopic (exact) mass is 212 g/mol. The molecule has 1 amide bonds. The molecular weight excluding hydrogens is 204 g/mol. The quantitative estimate of drug-likeness (QED) is 0.633. The van der Waals surface area contributed by atoms with Crippen LogP contribution < -0.4 is 10.6 Å². The van der Waals surface area contributed by atoms with Crippen LogP contribution in [0.15, 0.2) is 6.20 Å². The number of halogens is 1. The van der Waals surface area contributed by atoms with E-state index in [2.05, 4.69) is 20.6 Å². The van der Waals surface area contributed by atoms with Gasteiger partial charge in [0.25, 0.3) is 0 Å². The molecule has 2 rings (SSSR count). The summed E-state index contributed by atoms with van der Waals surface area (Å²) in [5.41, 5.74) is 0.573. The van der Waals surface area contributed by atoms with E-state index in [0.717, 1.165) is 0 Å². The smallest absolute Gasteiger partial charge is 0.229 e. The standard InChI is InChI=1S/C8H9ClN4O/c1-4-2-10-6-5(12-7(4)14)3-11-8(9)13-6/h3-4H,2H2,1H3,(H,12,14)(H,10,11,13). The fourth-order valence-corrected chi connectivity index (χ4v) is 1.32. The number of carbonyl (C=O) groups excluding carboxylic acids is 1. The van der Waals surface area contributed by atoms with Crippen molar-refractivity contribution in [2.45, 2.75) is 6.92 Å². The molecule has 6 heteroatoms. The highest BCUT2D eigenvalue weighted by atomic mass is 35.5. The van der Waals surface area contributed by atoms with Crippen molar-refractivity contribution in [3.05, 3.63) is 11.5 Å². The van der Waals surface area contributed by atoms with Gasteiger partial charge in [-0.3, -0.25) is 4.79 Å². The minimum Gasteiger partial charge on any atom is -0.367 e. The van der Waals surface area contributed by atoms with Crippen molar-refractivity contribution in [3.63, 3.8) is 0 Å². The molecule has 0 aromatic carbocycles. The molecule has 1 aromatic heterocycles. The Morgan fingerprint density at radius 2 is 2.43 bits per heavy atom. The summed E-state index contributed by atoms with van der Waals surface area (Å²) in [4.78, 5) is 19.2. The van der Waals surface area contributed by atoms with E-state index in [-0.39, 0.29) is 17.1 Å². The lowest BCUT2D eigenvalue weighted by molar-refractivity contribution is -0.118. The third kappa shape index (κ3) is 1.63. The summed E-state index contributed by atoms with van der Waals surface area (Å²) in [6.07, 6.45) is 1.49. The minimum absolute atomic E-state index is 0.0397. The van der Waals surface area contributed by atoms with Crippen molar-refractivity contribution in [1.82, 2.24) is 9.97 Å². The Labute approximate surface area is 85.9 Å². The Morgan fingerprint density at radius 3 is 3.21 bits per heavy atom. The molecule has 1 aliphatic heterocycles. The zero-order valence-electron chi connectivity index (χ0n) is 7.54. The number of hydrogen-bond acceptors (Lipinski definition) is 4.